The van der Waals surface area contributed by atoms with Gasteiger partial charge < -0.3 is 29.6 Å². The molecule has 2 N–H and O–H groups in total. The lowest BCUT2D eigenvalue weighted by molar-refractivity contribution is 0.0926. The number of rotatable bonds is 12. The van der Waals surface area contributed by atoms with Crippen LogP contribution in [0.2, 0.25) is 0 Å². The monoisotopic (exact) mass is 740 g/mol. The molecule has 0 aliphatic carbocycles. The lowest BCUT2D eigenvalue weighted by Gasteiger charge is -2.23. The van der Waals surface area contributed by atoms with Gasteiger partial charge in [0.1, 0.15) is 34.1 Å². The van der Waals surface area contributed by atoms with Gasteiger partial charge in [-0.05, 0) is 108 Å². The SMILES string of the molecule is CCN1CCC[C@H]1CNC(=O)c1c(OC)ccc(Br)c1OC.CCN1CCC[C@H]1CNC(=O)c1c(OC)ccc(Br)c1OC. The van der Waals surface area contributed by atoms with E-state index in [9.17, 15) is 9.59 Å². The van der Waals surface area contributed by atoms with Crippen LogP contribution in [0.5, 0.6) is 23.0 Å². The van der Waals surface area contributed by atoms with Crippen molar-refractivity contribution in [1.29, 1.82) is 0 Å². The van der Waals surface area contributed by atoms with Crippen LogP contribution < -0.4 is 29.6 Å². The van der Waals surface area contributed by atoms with E-state index in [0.717, 1.165) is 48.0 Å². The summed E-state index contributed by atoms with van der Waals surface area (Å²) in [5.74, 6) is 1.68. The maximum Gasteiger partial charge on any atom is 0.258 e. The number of methoxy groups -OCH3 is 4. The van der Waals surface area contributed by atoms with Crippen molar-refractivity contribution in [3.8, 4) is 23.0 Å². The number of nitrogens with one attached hydrogen (secondary N) is 2. The molecule has 2 atom stereocenters. The first-order valence-electron chi connectivity index (χ1n) is 15.1. The van der Waals surface area contributed by atoms with Gasteiger partial charge in [-0.1, -0.05) is 13.8 Å². The molecule has 2 amide bonds. The van der Waals surface area contributed by atoms with E-state index in [4.69, 9.17) is 18.9 Å². The fraction of sp³-hybridized carbons (Fsp3) is 0.562. The number of nitrogens with zero attached hydrogens (tertiary/aromatic N) is 2. The topological polar surface area (TPSA) is 102 Å². The van der Waals surface area contributed by atoms with Gasteiger partial charge in [0.2, 0.25) is 0 Å². The highest BCUT2D eigenvalue weighted by Gasteiger charge is 2.27. The third-order valence-corrected chi connectivity index (χ3v) is 9.50. The van der Waals surface area contributed by atoms with Crippen LogP contribution in [0.3, 0.4) is 0 Å². The van der Waals surface area contributed by atoms with Crippen LogP contribution in [-0.2, 0) is 0 Å². The zero-order valence-electron chi connectivity index (χ0n) is 26.6. The summed E-state index contributed by atoms with van der Waals surface area (Å²) in [6.45, 7) is 9.85. The maximum absolute atomic E-state index is 12.6. The van der Waals surface area contributed by atoms with Gasteiger partial charge in [-0.15, -0.1) is 0 Å². The largest absolute Gasteiger partial charge is 0.496 e. The van der Waals surface area contributed by atoms with E-state index in [2.05, 4.69) is 66.1 Å². The van der Waals surface area contributed by atoms with Crippen LogP contribution >= 0.6 is 31.9 Å². The fourth-order valence-corrected chi connectivity index (χ4v) is 6.92. The van der Waals surface area contributed by atoms with Gasteiger partial charge >= 0.3 is 0 Å². The number of carbonyl (C=O) groups excluding carboxylic acids is 2. The molecule has 2 heterocycles. The summed E-state index contributed by atoms with van der Waals surface area (Å²) >= 11 is 6.82. The molecule has 0 aromatic heterocycles. The van der Waals surface area contributed by atoms with Crippen LogP contribution in [-0.4, -0.2) is 101 Å². The average molecular weight is 743 g/mol. The average Bonchev–Trinajstić information content (AvgIpc) is 3.71. The van der Waals surface area contributed by atoms with Crippen molar-refractivity contribution in [2.24, 2.45) is 0 Å². The first-order valence-corrected chi connectivity index (χ1v) is 16.7. The molecule has 244 valence electrons. The van der Waals surface area contributed by atoms with E-state index in [1.54, 1.807) is 40.6 Å². The number of halogens is 2. The molecule has 2 aromatic carbocycles. The van der Waals surface area contributed by atoms with Crippen LogP contribution in [0.15, 0.2) is 33.2 Å². The molecule has 4 rings (SSSR count). The summed E-state index contributed by atoms with van der Waals surface area (Å²) in [5.41, 5.74) is 0.862. The van der Waals surface area contributed by atoms with Crippen molar-refractivity contribution < 1.29 is 28.5 Å². The Kier molecular flexibility index (Phi) is 14.6. The molecule has 0 unspecified atom stereocenters. The Balaban J connectivity index is 0.000000240. The first-order chi connectivity index (χ1) is 21.2. The number of carbonyl (C=O) groups is 2. The number of likely N-dealkylation sites (tertiary alicyclic amines) is 2. The lowest BCUT2D eigenvalue weighted by atomic mass is 10.1. The molecule has 44 heavy (non-hydrogen) atoms. The second-order valence-electron chi connectivity index (χ2n) is 10.6. The van der Waals surface area contributed by atoms with E-state index in [0.29, 0.717) is 59.3 Å². The molecule has 2 aliphatic heterocycles. The van der Waals surface area contributed by atoms with Crippen LogP contribution in [0.4, 0.5) is 0 Å². The van der Waals surface area contributed by atoms with Crippen LogP contribution in [0, 0.1) is 0 Å². The maximum atomic E-state index is 12.6. The molecule has 2 aliphatic rings. The summed E-state index contributed by atoms with van der Waals surface area (Å²) in [4.78, 5) is 30.0. The third-order valence-electron chi connectivity index (χ3n) is 8.25. The van der Waals surface area contributed by atoms with Crippen molar-refractivity contribution in [3.63, 3.8) is 0 Å². The standard InChI is InChI=1S/2C16H23BrN2O3/c2*1-4-19-9-5-6-11(19)10-18-16(20)14-13(21-2)8-7-12(17)15(14)22-3/h2*7-8,11H,4-6,9-10H2,1-3H3,(H,18,20)/t2*11-/m00/s1. The zero-order chi connectivity index (χ0) is 32.2. The minimum atomic E-state index is -0.169. The van der Waals surface area contributed by atoms with Gasteiger partial charge in [0, 0.05) is 25.2 Å². The molecule has 2 aromatic rings. The molecule has 0 spiro atoms. The highest BCUT2D eigenvalue weighted by molar-refractivity contribution is 9.11. The molecular formula is C32H46Br2N4O6. The van der Waals surface area contributed by atoms with E-state index < -0.39 is 0 Å². The van der Waals surface area contributed by atoms with Gasteiger partial charge in [0.25, 0.3) is 11.8 Å². The molecular weight excluding hydrogens is 696 g/mol. The van der Waals surface area contributed by atoms with Gasteiger partial charge in [-0.25, -0.2) is 0 Å². The molecule has 2 fully saturated rings. The third kappa shape index (κ3) is 8.80. The van der Waals surface area contributed by atoms with Crippen molar-refractivity contribution in [3.05, 3.63) is 44.3 Å². The smallest absolute Gasteiger partial charge is 0.258 e. The number of hydrogen-bond acceptors (Lipinski definition) is 8. The van der Waals surface area contributed by atoms with Gasteiger partial charge in [-0.2, -0.15) is 0 Å². The fourth-order valence-electron chi connectivity index (χ4n) is 5.93. The number of amides is 2. The number of hydrogen-bond donors (Lipinski definition) is 2. The second-order valence-corrected chi connectivity index (χ2v) is 12.3. The Labute approximate surface area is 278 Å². The van der Waals surface area contributed by atoms with Crippen LogP contribution in [0.1, 0.15) is 60.2 Å². The van der Waals surface area contributed by atoms with Crippen molar-refractivity contribution in [2.45, 2.75) is 51.6 Å². The molecule has 0 saturated carbocycles. The van der Waals surface area contributed by atoms with E-state index in [-0.39, 0.29) is 11.8 Å². The minimum absolute atomic E-state index is 0.169. The van der Waals surface area contributed by atoms with Gasteiger partial charge in [-0.3, -0.25) is 19.4 Å². The van der Waals surface area contributed by atoms with E-state index >= 15 is 0 Å². The molecule has 10 nitrogen and oxygen atoms in total. The van der Waals surface area contributed by atoms with E-state index in [1.165, 1.54) is 12.8 Å². The Hall–Kier alpha value is -2.54. The second kappa shape index (κ2) is 17.8. The summed E-state index contributed by atoms with van der Waals surface area (Å²) in [6, 6.07) is 7.97. The highest BCUT2D eigenvalue weighted by Crippen LogP contribution is 2.36. The molecule has 0 radical (unpaired) electrons. The van der Waals surface area contributed by atoms with Crippen molar-refractivity contribution in [2.75, 3.05) is 67.7 Å². The van der Waals surface area contributed by atoms with Crippen molar-refractivity contribution in [1.82, 2.24) is 20.4 Å². The highest BCUT2D eigenvalue weighted by atomic mass is 79.9. The quantitative estimate of drug-likeness (QED) is 0.300. The zero-order valence-corrected chi connectivity index (χ0v) is 29.8. The lowest BCUT2D eigenvalue weighted by Crippen LogP contribution is -2.40. The Morgan fingerprint density at radius 1 is 0.705 bits per heavy atom. The van der Waals surface area contributed by atoms with Crippen LogP contribution in [0.25, 0.3) is 0 Å². The summed E-state index contributed by atoms with van der Waals surface area (Å²) in [6.07, 6.45) is 4.64. The van der Waals surface area contributed by atoms with Gasteiger partial charge in [0.15, 0.2) is 0 Å². The Bertz CT molecular complexity index is 1170. The minimum Gasteiger partial charge on any atom is -0.496 e. The number of ether oxygens (including phenoxy) is 4. The van der Waals surface area contributed by atoms with E-state index in [1.807, 2.05) is 12.1 Å². The Morgan fingerprint density at radius 2 is 1.09 bits per heavy atom. The Morgan fingerprint density at radius 3 is 1.41 bits per heavy atom. The normalized spacial score (nSPS) is 18.3. The summed E-state index contributed by atoms with van der Waals surface area (Å²) in [5, 5.41) is 6.04. The first kappa shape index (κ1) is 35.9. The predicted molar refractivity (Wildman–Crippen MR) is 180 cm³/mol. The summed E-state index contributed by atoms with van der Waals surface area (Å²) in [7, 11) is 6.20. The number of benzene rings is 2. The molecule has 12 heteroatoms. The number of likely N-dealkylation sites (N-methyl/N-ethyl adjacent to an activating group) is 2. The molecule has 2 saturated heterocycles. The van der Waals surface area contributed by atoms with Gasteiger partial charge in [0.05, 0.1) is 37.4 Å². The predicted octanol–water partition coefficient (Wildman–Crippen LogP) is 5.36. The molecule has 0 bridgehead atoms. The summed E-state index contributed by atoms with van der Waals surface area (Å²) < 4.78 is 22.8. The van der Waals surface area contributed by atoms with Crippen molar-refractivity contribution >= 4 is 43.7 Å².